The van der Waals surface area contributed by atoms with Crippen LogP contribution in [-0.4, -0.2) is 17.6 Å². The Labute approximate surface area is 95.2 Å². The third-order valence-corrected chi connectivity index (χ3v) is 2.65. The molecule has 4 nitrogen and oxygen atoms in total. The zero-order chi connectivity index (χ0) is 11.5. The van der Waals surface area contributed by atoms with Crippen LogP contribution in [0.15, 0.2) is 11.3 Å². The Kier molecular flexibility index (Phi) is 3.99. The maximum Gasteiger partial charge on any atom is 0.251 e. The monoisotopic (exact) mass is 231 g/mol. The average molecular weight is 232 g/mol. The quantitative estimate of drug-likeness (QED) is 0.633. The van der Waals surface area contributed by atoms with Crippen LogP contribution in [0, 0.1) is 0 Å². The van der Waals surface area contributed by atoms with E-state index < -0.39 is 5.79 Å². The number of carbonyl (C=O) groups excluding carboxylic acids is 1. The molecule has 0 aliphatic carbocycles. The van der Waals surface area contributed by atoms with Crippen molar-refractivity contribution in [3.63, 3.8) is 0 Å². The Morgan fingerprint density at radius 1 is 1.47 bits per heavy atom. The molecule has 0 spiro atoms. The van der Waals surface area contributed by atoms with Gasteiger partial charge in [0, 0.05) is 23.6 Å². The molecule has 1 unspecified atom stereocenters. The third-order valence-electron chi connectivity index (χ3n) is 2.46. The van der Waals surface area contributed by atoms with E-state index in [2.05, 4.69) is 10.6 Å². The van der Waals surface area contributed by atoms with Gasteiger partial charge in [-0.2, -0.15) is 0 Å². The second-order valence-electron chi connectivity index (χ2n) is 3.84. The van der Waals surface area contributed by atoms with Crippen LogP contribution in [0.1, 0.15) is 33.1 Å². The summed E-state index contributed by atoms with van der Waals surface area (Å²) in [4.78, 5) is 11.7. The van der Waals surface area contributed by atoms with Gasteiger partial charge < -0.3 is 10.6 Å². The maximum atomic E-state index is 11.7. The summed E-state index contributed by atoms with van der Waals surface area (Å²) in [6, 6.07) is 0. The number of amides is 1. The highest BCUT2D eigenvalue weighted by atomic mass is 35.5. The van der Waals surface area contributed by atoms with Crippen LogP contribution in [0.25, 0.3) is 0 Å². The summed E-state index contributed by atoms with van der Waals surface area (Å²) in [5, 5.41) is 5.90. The lowest BCUT2D eigenvalue weighted by Gasteiger charge is -2.37. The molecule has 0 aromatic heterocycles. The lowest BCUT2D eigenvalue weighted by Crippen LogP contribution is -2.67. The van der Waals surface area contributed by atoms with E-state index in [1.165, 1.54) is 0 Å². The zero-order valence-corrected chi connectivity index (χ0v) is 9.95. The molecule has 1 rings (SSSR count). The molecule has 1 heterocycles. The Hall–Kier alpha value is -0.740. The summed E-state index contributed by atoms with van der Waals surface area (Å²) in [7, 11) is 0. The summed E-state index contributed by atoms with van der Waals surface area (Å²) in [5.41, 5.74) is 7.52. The van der Waals surface area contributed by atoms with E-state index in [1.807, 2.05) is 13.8 Å². The molecular formula is C10H18ClN3O. The Balaban J connectivity index is 2.83. The van der Waals surface area contributed by atoms with E-state index in [-0.39, 0.29) is 5.91 Å². The van der Waals surface area contributed by atoms with E-state index in [4.69, 9.17) is 17.3 Å². The van der Waals surface area contributed by atoms with E-state index in [0.717, 1.165) is 12.1 Å². The molecule has 1 aliphatic rings. The number of nitrogens with one attached hydrogen (secondary N) is 2. The Bertz CT molecular complexity index is 290. The molecule has 1 aliphatic heterocycles. The minimum absolute atomic E-state index is 0.108. The van der Waals surface area contributed by atoms with Gasteiger partial charge in [0.15, 0.2) is 5.79 Å². The first-order valence-electron chi connectivity index (χ1n) is 5.17. The molecule has 0 fully saturated rings. The van der Waals surface area contributed by atoms with Gasteiger partial charge in [0.1, 0.15) is 0 Å². The predicted octanol–water partition coefficient (Wildman–Crippen LogP) is 1.02. The van der Waals surface area contributed by atoms with Gasteiger partial charge in [-0.3, -0.25) is 10.5 Å². The standard InChI is InChI=1S/C10H18ClN3O/c1-3-5-10(12)13-7(2)8(4-6-11)9(15)14-10/h13H,3-6,12H2,1-2H3,(H,14,15). The number of hydrogen-bond acceptors (Lipinski definition) is 3. The second kappa shape index (κ2) is 4.86. The average Bonchev–Trinajstić information content (AvgIpc) is 2.11. The van der Waals surface area contributed by atoms with Crippen LogP contribution in [0.3, 0.4) is 0 Å². The van der Waals surface area contributed by atoms with Crippen molar-refractivity contribution in [1.82, 2.24) is 10.6 Å². The highest BCUT2D eigenvalue weighted by molar-refractivity contribution is 6.18. The van der Waals surface area contributed by atoms with Crippen molar-refractivity contribution >= 4 is 17.5 Å². The topological polar surface area (TPSA) is 67.1 Å². The van der Waals surface area contributed by atoms with E-state index in [1.54, 1.807) is 0 Å². The molecule has 1 amide bonds. The number of halogens is 1. The molecule has 0 saturated carbocycles. The number of rotatable bonds is 4. The normalized spacial score (nSPS) is 26.3. The van der Waals surface area contributed by atoms with E-state index in [9.17, 15) is 4.79 Å². The van der Waals surface area contributed by atoms with Crippen LogP contribution in [0.2, 0.25) is 0 Å². The third kappa shape index (κ3) is 2.86. The van der Waals surface area contributed by atoms with Gasteiger partial charge in [0.2, 0.25) is 0 Å². The van der Waals surface area contributed by atoms with Crippen LogP contribution in [0.4, 0.5) is 0 Å². The maximum absolute atomic E-state index is 11.7. The van der Waals surface area contributed by atoms with Crippen molar-refractivity contribution < 1.29 is 4.79 Å². The summed E-state index contributed by atoms with van der Waals surface area (Å²) in [6.07, 6.45) is 2.17. The van der Waals surface area contributed by atoms with Gasteiger partial charge in [0.25, 0.3) is 5.91 Å². The molecule has 0 aromatic rings. The van der Waals surface area contributed by atoms with Crippen LogP contribution < -0.4 is 16.4 Å². The van der Waals surface area contributed by atoms with Crippen LogP contribution in [0.5, 0.6) is 0 Å². The van der Waals surface area contributed by atoms with Gasteiger partial charge in [-0.05, 0) is 13.3 Å². The molecule has 0 aromatic carbocycles. The summed E-state index contributed by atoms with van der Waals surface area (Å²) in [5.74, 6) is -0.471. The number of allylic oxidation sites excluding steroid dienone is 1. The molecule has 86 valence electrons. The number of carbonyl (C=O) groups is 1. The largest absolute Gasteiger partial charge is 0.354 e. The van der Waals surface area contributed by atoms with E-state index >= 15 is 0 Å². The van der Waals surface area contributed by atoms with Gasteiger partial charge >= 0.3 is 0 Å². The first-order chi connectivity index (χ1) is 7.02. The number of nitrogens with two attached hydrogens (primary N) is 1. The molecule has 0 bridgehead atoms. The summed E-state index contributed by atoms with van der Waals surface area (Å²) in [6.45, 7) is 3.88. The highest BCUT2D eigenvalue weighted by Crippen LogP contribution is 2.17. The van der Waals surface area contributed by atoms with Crippen LogP contribution in [-0.2, 0) is 4.79 Å². The lowest BCUT2D eigenvalue weighted by atomic mass is 10.0. The van der Waals surface area contributed by atoms with Gasteiger partial charge in [-0.15, -0.1) is 11.6 Å². The summed E-state index contributed by atoms with van der Waals surface area (Å²) < 4.78 is 0. The van der Waals surface area contributed by atoms with Gasteiger partial charge in [-0.25, -0.2) is 0 Å². The Morgan fingerprint density at radius 3 is 2.60 bits per heavy atom. The second-order valence-corrected chi connectivity index (χ2v) is 4.22. The molecular weight excluding hydrogens is 214 g/mol. The number of alkyl halides is 1. The Morgan fingerprint density at radius 2 is 2.13 bits per heavy atom. The molecule has 0 radical (unpaired) electrons. The fourth-order valence-electron chi connectivity index (χ4n) is 1.80. The number of hydrogen-bond donors (Lipinski definition) is 3. The minimum atomic E-state index is -0.800. The van der Waals surface area contributed by atoms with Crippen molar-refractivity contribution in [2.75, 3.05) is 5.88 Å². The summed E-state index contributed by atoms with van der Waals surface area (Å²) >= 11 is 5.62. The van der Waals surface area contributed by atoms with Gasteiger partial charge in [-0.1, -0.05) is 13.3 Å². The molecule has 1 atom stereocenters. The first-order valence-corrected chi connectivity index (χ1v) is 5.71. The highest BCUT2D eigenvalue weighted by Gasteiger charge is 2.32. The van der Waals surface area contributed by atoms with Crippen molar-refractivity contribution in [1.29, 1.82) is 0 Å². The predicted molar refractivity (Wildman–Crippen MR) is 61.1 cm³/mol. The first kappa shape index (κ1) is 12.3. The van der Waals surface area contributed by atoms with Gasteiger partial charge in [0.05, 0.1) is 0 Å². The van der Waals surface area contributed by atoms with E-state index in [0.29, 0.717) is 24.3 Å². The molecule has 15 heavy (non-hydrogen) atoms. The van der Waals surface area contributed by atoms with Crippen LogP contribution >= 0.6 is 11.6 Å². The van der Waals surface area contributed by atoms with Crippen molar-refractivity contribution in [2.24, 2.45) is 5.73 Å². The van der Waals surface area contributed by atoms with Crippen molar-refractivity contribution in [3.05, 3.63) is 11.3 Å². The van der Waals surface area contributed by atoms with Crippen molar-refractivity contribution in [2.45, 2.75) is 38.9 Å². The smallest absolute Gasteiger partial charge is 0.251 e. The molecule has 5 heteroatoms. The fourth-order valence-corrected chi connectivity index (χ4v) is 1.99. The SMILES string of the molecule is CCCC1(N)NC(=O)C(CCCl)=C(C)N1. The fraction of sp³-hybridized carbons (Fsp3) is 0.700. The molecule has 0 saturated heterocycles. The molecule has 4 N–H and O–H groups in total. The minimum Gasteiger partial charge on any atom is -0.354 e. The lowest BCUT2D eigenvalue weighted by molar-refractivity contribution is -0.120. The zero-order valence-electron chi connectivity index (χ0n) is 9.19. The van der Waals surface area contributed by atoms with Crippen molar-refractivity contribution in [3.8, 4) is 0 Å².